The van der Waals surface area contributed by atoms with Gasteiger partial charge in [-0.2, -0.15) is 0 Å². The van der Waals surface area contributed by atoms with E-state index in [0.717, 1.165) is 16.9 Å². The molecular weight excluding hydrogens is 245 g/mol. The summed E-state index contributed by atoms with van der Waals surface area (Å²) in [5.41, 5.74) is 8.73. The summed E-state index contributed by atoms with van der Waals surface area (Å²) in [5, 5.41) is 5.84. The van der Waals surface area contributed by atoms with E-state index < -0.39 is 5.82 Å². The van der Waals surface area contributed by atoms with Crippen LogP contribution in [0.3, 0.4) is 0 Å². The molecule has 0 radical (unpaired) electrons. The van der Waals surface area contributed by atoms with Gasteiger partial charge in [0.2, 0.25) is 5.91 Å². The molecule has 0 saturated carbocycles. The van der Waals surface area contributed by atoms with Crippen molar-refractivity contribution in [2.24, 2.45) is 0 Å². The number of halogens is 1. The predicted molar refractivity (Wildman–Crippen MR) is 72.9 cm³/mol. The van der Waals surface area contributed by atoms with Crippen LogP contribution in [-0.2, 0) is 11.2 Å². The van der Waals surface area contributed by atoms with Gasteiger partial charge in [-0.15, -0.1) is 0 Å². The molecule has 2 aromatic carbocycles. The molecule has 4 N–H and O–H groups in total. The van der Waals surface area contributed by atoms with Crippen molar-refractivity contribution < 1.29 is 9.18 Å². The first kappa shape index (κ1) is 11.5. The summed E-state index contributed by atoms with van der Waals surface area (Å²) in [6.45, 7) is 0. The third-order valence-corrected chi connectivity index (χ3v) is 3.02. The topological polar surface area (TPSA) is 67.1 Å². The molecule has 1 heterocycles. The molecule has 1 aliphatic heterocycles. The lowest BCUT2D eigenvalue weighted by atomic mass is 10.1. The number of fused-ring (bicyclic) bond motifs is 1. The van der Waals surface area contributed by atoms with E-state index in [1.807, 2.05) is 18.2 Å². The Labute approximate surface area is 109 Å². The van der Waals surface area contributed by atoms with Crippen LogP contribution in [0.5, 0.6) is 0 Å². The fourth-order valence-corrected chi connectivity index (χ4v) is 2.08. The smallest absolute Gasteiger partial charge is 0.228 e. The Bertz CT molecular complexity index is 670. The lowest BCUT2D eigenvalue weighted by molar-refractivity contribution is -0.115. The molecule has 4 nitrogen and oxygen atoms in total. The summed E-state index contributed by atoms with van der Waals surface area (Å²) in [5.74, 6) is -0.464. The summed E-state index contributed by atoms with van der Waals surface area (Å²) in [6.07, 6.45) is 0.376. The summed E-state index contributed by atoms with van der Waals surface area (Å²) in [4.78, 5) is 11.3. The molecule has 0 spiro atoms. The third-order valence-electron chi connectivity index (χ3n) is 3.02. The van der Waals surface area contributed by atoms with Crippen molar-refractivity contribution in [2.75, 3.05) is 16.4 Å². The van der Waals surface area contributed by atoms with E-state index in [1.54, 1.807) is 6.07 Å². The van der Waals surface area contributed by atoms with Gasteiger partial charge in [-0.05, 0) is 42.0 Å². The molecule has 0 atom stereocenters. The van der Waals surface area contributed by atoms with Crippen molar-refractivity contribution in [3.63, 3.8) is 0 Å². The van der Waals surface area contributed by atoms with E-state index in [2.05, 4.69) is 10.6 Å². The second-order valence-corrected chi connectivity index (χ2v) is 4.46. The van der Waals surface area contributed by atoms with E-state index in [9.17, 15) is 9.18 Å². The minimum absolute atomic E-state index is 0.00863. The van der Waals surface area contributed by atoms with Crippen molar-refractivity contribution >= 4 is 28.7 Å². The lowest BCUT2D eigenvalue weighted by Gasteiger charge is -2.09. The molecule has 1 amide bonds. The van der Waals surface area contributed by atoms with Crippen molar-refractivity contribution in [3.05, 3.63) is 47.8 Å². The molecule has 2 aromatic rings. The second-order valence-electron chi connectivity index (χ2n) is 4.46. The first-order valence-electron chi connectivity index (χ1n) is 5.86. The van der Waals surface area contributed by atoms with E-state index in [4.69, 9.17) is 5.73 Å². The van der Waals surface area contributed by atoms with Crippen LogP contribution in [0.15, 0.2) is 36.4 Å². The van der Waals surface area contributed by atoms with Crippen LogP contribution < -0.4 is 16.4 Å². The maximum atomic E-state index is 13.3. The maximum absolute atomic E-state index is 13.3. The average molecular weight is 257 g/mol. The zero-order chi connectivity index (χ0) is 13.4. The maximum Gasteiger partial charge on any atom is 0.228 e. The minimum Gasteiger partial charge on any atom is -0.396 e. The molecule has 0 fully saturated rings. The molecule has 5 heteroatoms. The number of benzene rings is 2. The first-order valence-corrected chi connectivity index (χ1v) is 5.86. The van der Waals surface area contributed by atoms with Crippen molar-refractivity contribution in [1.82, 2.24) is 0 Å². The van der Waals surface area contributed by atoms with Crippen LogP contribution in [0, 0.1) is 5.82 Å². The van der Waals surface area contributed by atoms with Crippen LogP contribution in [0.4, 0.5) is 27.1 Å². The van der Waals surface area contributed by atoms with Crippen molar-refractivity contribution in [3.8, 4) is 0 Å². The van der Waals surface area contributed by atoms with Gasteiger partial charge in [0.1, 0.15) is 5.82 Å². The summed E-state index contributed by atoms with van der Waals surface area (Å²) in [7, 11) is 0. The summed E-state index contributed by atoms with van der Waals surface area (Å²) in [6, 6.07) is 10.1. The molecule has 0 bridgehead atoms. The number of anilines is 4. The molecule has 96 valence electrons. The molecule has 1 aliphatic rings. The van der Waals surface area contributed by atoms with Gasteiger partial charge in [0.05, 0.1) is 12.1 Å². The number of nitrogens with two attached hydrogens (primary N) is 1. The monoisotopic (exact) mass is 257 g/mol. The second kappa shape index (κ2) is 4.28. The Morgan fingerprint density at radius 2 is 1.89 bits per heavy atom. The van der Waals surface area contributed by atoms with E-state index in [0.29, 0.717) is 12.1 Å². The van der Waals surface area contributed by atoms with Crippen molar-refractivity contribution in [1.29, 1.82) is 0 Å². The highest BCUT2D eigenvalue weighted by molar-refractivity contribution is 5.99. The fraction of sp³-hybridized carbons (Fsp3) is 0.0714. The lowest BCUT2D eigenvalue weighted by Crippen LogP contribution is -2.03. The number of carbonyl (C=O) groups excluding carboxylic acids is 1. The number of amides is 1. The number of nitrogen functional groups attached to an aromatic ring is 1. The van der Waals surface area contributed by atoms with E-state index in [-0.39, 0.29) is 11.6 Å². The van der Waals surface area contributed by atoms with Crippen LogP contribution in [0.1, 0.15) is 5.56 Å². The SMILES string of the molecule is Nc1ccc(Nc2ccc3c(c2)CC(=O)N3)cc1F. The molecule has 0 aromatic heterocycles. The Hall–Kier alpha value is -2.56. The Balaban J connectivity index is 1.86. The highest BCUT2D eigenvalue weighted by atomic mass is 19.1. The summed E-state index contributed by atoms with van der Waals surface area (Å²) < 4.78 is 13.3. The Kier molecular flexibility index (Phi) is 2.59. The normalized spacial score (nSPS) is 13.0. The van der Waals surface area contributed by atoms with Gasteiger partial charge >= 0.3 is 0 Å². The van der Waals surface area contributed by atoms with Gasteiger partial charge in [-0.25, -0.2) is 4.39 Å². The first-order chi connectivity index (χ1) is 9.11. The average Bonchev–Trinajstić information content (AvgIpc) is 2.73. The summed E-state index contributed by atoms with van der Waals surface area (Å²) >= 11 is 0. The van der Waals surface area contributed by atoms with Gasteiger partial charge in [-0.1, -0.05) is 0 Å². The van der Waals surface area contributed by atoms with Crippen LogP contribution in [0.25, 0.3) is 0 Å². The predicted octanol–water partition coefficient (Wildman–Crippen LogP) is 2.65. The van der Waals surface area contributed by atoms with E-state index >= 15 is 0 Å². The van der Waals surface area contributed by atoms with Gasteiger partial charge in [0, 0.05) is 17.1 Å². The van der Waals surface area contributed by atoms with Gasteiger partial charge in [-0.3, -0.25) is 4.79 Å². The molecular formula is C14H12FN3O. The van der Waals surface area contributed by atoms with Gasteiger partial charge in [0.25, 0.3) is 0 Å². The van der Waals surface area contributed by atoms with Crippen LogP contribution in [-0.4, -0.2) is 5.91 Å². The molecule has 19 heavy (non-hydrogen) atoms. The fourth-order valence-electron chi connectivity index (χ4n) is 2.08. The number of carbonyl (C=O) groups is 1. The minimum atomic E-state index is -0.456. The van der Waals surface area contributed by atoms with Crippen molar-refractivity contribution in [2.45, 2.75) is 6.42 Å². The molecule has 0 saturated heterocycles. The molecule has 3 rings (SSSR count). The highest BCUT2D eigenvalue weighted by Gasteiger charge is 2.17. The van der Waals surface area contributed by atoms with Crippen LogP contribution in [0.2, 0.25) is 0 Å². The standard InChI is InChI=1S/C14H12FN3O/c15-11-7-10(1-3-12(11)16)17-9-2-4-13-8(5-9)6-14(19)18-13/h1-5,7,17H,6,16H2,(H,18,19). The highest BCUT2D eigenvalue weighted by Crippen LogP contribution is 2.28. The number of hydrogen-bond acceptors (Lipinski definition) is 3. The zero-order valence-electron chi connectivity index (χ0n) is 10.0. The quantitative estimate of drug-likeness (QED) is 0.724. The Morgan fingerprint density at radius 3 is 2.68 bits per heavy atom. The van der Waals surface area contributed by atoms with Gasteiger partial charge in [0.15, 0.2) is 0 Å². The van der Waals surface area contributed by atoms with Crippen LogP contribution >= 0.6 is 0 Å². The zero-order valence-corrected chi connectivity index (χ0v) is 10.0. The number of rotatable bonds is 2. The van der Waals surface area contributed by atoms with Gasteiger partial charge < -0.3 is 16.4 Å². The largest absolute Gasteiger partial charge is 0.396 e. The molecule has 0 aliphatic carbocycles. The molecule has 0 unspecified atom stereocenters. The third kappa shape index (κ3) is 2.22. The Morgan fingerprint density at radius 1 is 1.16 bits per heavy atom. The number of nitrogens with one attached hydrogen (secondary N) is 2. The van der Waals surface area contributed by atoms with E-state index in [1.165, 1.54) is 12.1 Å². The number of hydrogen-bond donors (Lipinski definition) is 3.